The lowest BCUT2D eigenvalue weighted by molar-refractivity contribution is 0.0954. The number of carbonyl (C=O) groups is 1. The lowest BCUT2D eigenvalue weighted by Crippen LogP contribution is -2.18. The molecular weight excluding hydrogens is 306 g/mol. The van der Waals surface area contributed by atoms with Gasteiger partial charge in [-0.3, -0.25) is 9.78 Å². The van der Waals surface area contributed by atoms with Gasteiger partial charge in [0.05, 0.1) is 17.5 Å². The van der Waals surface area contributed by atoms with Gasteiger partial charge in [0, 0.05) is 10.2 Å². The van der Waals surface area contributed by atoms with E-state index < -0.39 is 0 Å². The quantitative estimate of drug-likeness (QED) is 0.699. The van der Waals surface area contributed by atoms with Crippen LogP contribution < -0.4 is 5.43 Å². The molecule has 0 atom stereocenters. The van der Waals surface area contributed by atoms with Crippen molar-refractivity contribution in [3.05, 3.63) is 63.9 Å². The summed E-state index contributed by atoms with van der Waals surface area (Å²) >= 11 is 3.32. The zero-order valence-electron chi connectivity index (χ0n) is 10.3. The third-order valence-electron chi connectivity index (χ3n) is 2.39. The number of nitrogens with one attached hydrogen (secondary N) is 1. The maximum Gasteiger partial charge on any atom is 0.272 e. The summed E-state index contributed by atoms with van der Waals surface area (Å²) in [4.78, 5) is 16.1. The molecule has 1 N–H and O–H groups in total. The summed E-state index contributed by atoms with van der Waals surface area (Å²) in [5, 5.41) is 3.89. The van der Waals surface area contributed by atoms with Crippen molar-refractivity contribution in [3.63, 3.8) is 0 Å². The third-order valence-corrected chi connectivity index (χ3v) is 3.08. The predicted molar refractivity (Wildman–Crippen MR) is 78.2 cm³/mol. The van der Waals surface area contributed by atoms with Gasteiger partial charge in [-0.25, -0.2) is 5.43 Å². The molecule has 1 heterocycles. The summed E-state index contributed by atoms with van der Waals surface area (Å²) in [7, 11) is 0. The zero-order valence-corrected chi connectivity index (χ0v) is 11.9. The molecule has 0 aliphatic rings. The predicted octanol–water partition coefficient (Wildman–Crippen LogP) is 2.92. The highest BCUT2D eigenvalue weighted by atomic mass is 79.9. The Morgan fingerprint density at radius 3 is 2.79 bits per heavy atom. The van der Waals surface area contributed by atoms with Crippen LogP contribution in [0, 0.1) is 6.92 Å². The van der Waals surface area contributed by atoms with E-state index >= 15 is 0 Å². The fourth-order valence-electron chi connectivity index (χ4n) is 1.50. The molecule has 0 aliphatic carbocycles. The van der Waals surface area contributed by atoms with Crippen molar-refractivity contribution in [1.82, 2.24) is 10.4 Å². The van der Waals surface area contributed by atoms with Crippen molar-refractivity contribution in [1.29, 1.82) is 0 Å². The van der Waals surface area contributed by atoms with Gasteiger partial charge in [0.1, 0.15) is 0 Å². The van der Waals surface area contributed by atoms with Crippen LogP contribution in [0.4, 0.5) is 0 Å². The lowest BCUT2D eigenvalue weighted by Gasteiger charge is -2.01. The van der Waals surface area contributed by atoms with Gasteiger partial charge in [-0.05, 0) is 47.1 Å². The van der Waals surface area contributed by atoms with E-state index in [-0.39, 0.29) is 5.91 Å². The van der Waals surface area contributed by atoms with E-state index in [9.17, 15) is 4.79 Å². The number of aromatic nitrogens is 1. The smallest absolute Gasteiger partial charge is 0.267 e. The first kappa shape index (κ1) is 13.4. The molecule has 1 amide bonds. The Labute approximate surface area is 119 Å². The SMILES string of the molecule is Cc1cccc(C=NNC(=O)c2ccccc2Br)n1. The Kier molecular flexibility index (Phi) is 4.41. The number of nitrogens with zero attached hydrogens (tertiary/aromatic N) is 2. The van der Waals surface area contributed by atoms with E-state index in [1.165, 1.54) is 6.21 Å². The van der Waals surface area contributed by atoms with Gasteiger partial charge in [-0.15, -0.1) is 0 Å². The molecule has 0 bridgehead atoms. The third kappa shape index (κ3) is 3.72. The first-order valence-corrected chi connectivity index (χ1v) is 6.48. The van der Waals surface area contributed by atoms with Crippen LogP contribution in [0.15, 0.2) is 52.0 Å². The molecule has 0 unspecified atom stereocenters. The minimum Gasteiger partial charge on any atom is -0.267 e. The van der Waals surface area contributed by atoms with Gasteiger partial charge in [-0.1, -0.05) is 18.2 Å². The average molecular weight is 318 g/mol. The van der Waals surface area contributed by atoms with Gasteiger partial charge in [0.2, 0.25) is 0 Å². The van der Waals surface area contributed by atoms with Crippen molar-refractivity contribution < 1.29 is 4.79 Å². The van der Waals surface area contributed by atoms with Gasteiger partial charge < -0.3 is 0 Å². The maximum atomic E-state index is 11.8. The topological polar surface area (TPSA) is 54.4 Å². The minimum atomic E-state index is -0.267. The van der Waals surface area contributed by atoms with Gasteiger partial charge in [0.15, 0.2) is 0 Å². The van der Waals surface area contributed by atoms with Crippen LogP contribution >= 0.6 is 15.9 Å². The van der Waals surface area contributed by atoms with Gasteiger partial charge in [-0.2, -0.15) is 5.10 Å². The molecule has 0 fully saturated rings. The molecule has 2 aromatic rings. The van der Waals surface area contributed by atoms with Crippen LogP contribution in [0.2, 0.25) is 0 Å². The fourth-order valence-corrected chi connectivity index (χ4v) is 1.96. The Morgan fingerprint density at radius 1 is 1.26 bits per heavy atom. The number of carbonyl (C=O) groups excluding carboxylic acids is 1. The van der Waals surface area contributed by atoms with Crippen LogP contribution in [0.3, 0.4) is 0 Å². The Morgan fingerprint density at radius 2 is 2.05 bits per heavy atom. The molecular formula is C14H12BrN3O. The first-order valence-electron chi connectivity index (χ1n) is 5.68. The lowest BCUT2D eigenvalue weighted by atomic mass is 10.2. The minimum absolute atomic E-state index is 0.267. The highest BCUT2D eigenvalue weighted by Gasteiger charge is 2.07. The summed E-state index contributed by atoms with van der Waals surface area (Å²) in [5.74, 6) is -0.267. The first-order chi connectivity index (χ1) is 9.16. The summed E-state index contributed by atoms with van der Waals surface area (Å²) in [6, 6.07) is 12.8. The second kappa shape index (κ2) is 6.24. The Bertz CT molecular complexity index is 626. The molecule has 0 spiro atoms. The molecule has 1 aromatic heterocycles. The number of rotatable bonds is 3. The monoisotopic (exact) mass is 317 g/mol. The molecule has 19 heavy (non-hydrogen) atoms. The molecule has 96 valence electrons. The number of hydrazone groups is 1. The van der Waals surface area contributed by atoms with Crippen LogP contribution in [0.5, 0.6) is 0 Å². The second-order valence-electron chi connectivity index (χ2n) is 3.88. The second-order valence-corrected chi connectivity index (χ2v) is 4.74. The van der Waals surface area contributed by atoms with Gasteiger partial charge in [0.25, 0.3) is 5.91 Å². The highest BCUT2D eigenvalue weighted by molar-refractivity contribution is 9.10. The number of hydrogen-bond donors (Lipinski definition) is 1. The van der Waals surface area contributed by atoms with Crippen LogP contribution in [0.1, 0.15) is 21.7 Å². The standard InChI is InChI=1S/C14H12BrN3O/c1-10-5-4-6-11(17-10)9-16-18-14(19)12-7-2-3-8-13(12)15/h2-9H,1H3,(H,18,19). The maximum absolute atomic E-state index is 11.8. The molecule has 0 saturated carbocycles. The molecule has 0 saturated heterocycles. The Balaban J connectivity index is 2.03. The number of halogens is 1. The van der Waals surface area contributed by atoms with Crippen molar-refractivity contribution in [2.45, 2.75) is 6.92 Å². The summed E-state index contributed by atoms with van der Waals surface area (Å²) in [5.41, 5.74) is 4.61. The molecule has 2 rings (SSSR count). The molecule has 5 heteroatoms. The van der Waals surface area contributed by atoms with Crippen LogP contribution in [0.25, 0.3) is 0 Å². The summed E-state index contributed by atoms with van der Waals surface area (Å²) in [6.45, 7) is 1.90. The largest absolute Gasteiger partial charge is 0.272 e. The van der Waals surface area contributed by atoms with Crippen molar-refractivity contribution in [3.8, 4) is 0 Å². The van der Waals surface area contributed by atoms with Crippen molar-refractivity contribution in [2.75, 3.05) is 0 Å². The van der Waals surface area contributed by atoms with Gasteiger partial charge >= 0.3 is 0 Å². The molecule has 4 nitrogen and oxygen atoms in total. The summed E-state index contributed by atoms with van der Waals surface area (Å²) in [6.07, 6.45) is 1.52. The van der Waals surface area contributed by atoms with Crippen LogP contribution in [-0.2, 0) is 0 Å². The average Bonchev–Trinajstić information content (AvgIpc) is 2.39. The van der Waals surface area contributed by atoms with E-state index in [1.807, 2.05) is 31.2 Å². The van der Waals surface area contributed by atoms with Crippen LogP contribution in [-0.4, -0.2) is 17.1 Å². The number of pyridine rings is 1. The van der Waals surface area contributed by atoms with E-state index in [0.29, 0.717) is 11.3 Å². The van der Waals surface area contributed by atoms with E-state index in [0.717, 1.165) is 10.2 Å². The van der Waals surface area contributed by atoms with E-state index in [1.54, 1.807) is 18.2 Å². The highest BCUT2D eigenvalue weighted by Crippen LogP contribution is 2.15. The number of benzene rings is 1. The zero-order chi connectivity index (χ0) is 13.7. The van der Waals surface area contributed by atoms with Crippen molar-refractivity contribution >= 4 is 28.1 Å². The number of aryl methyl sites for hydroxylation is 1. The van der Waals surface area contributed by atoms with E-state index in [2.05, 4.69) is 31.4 Å². The molecule has 1 aromatic carbocycles. The van der Waals surface area contributed by atoms with Crippen molar-refractivity contribution in [2.24, 2.45) is 5.10 Å². The fraction of sp³-hybridized carbons (Fsp3) is 0.0714. The molecule has 0 radical (unpaired) electrons. The number of amides is 1. The molecule has 0 aliphatic heterocycles. The summed E-state index contributed by atoms with van der Waals surface area (Å²) < 4.78 is 0.733. The Hall–Kier alpha value is -2.01. The normalized spacial score (nSPS) is 10.6. The number of hydrogen-bond acceptors (Lipinski definition) is 3. The van der Waals surface area contributed by atoms with E-state index in [4.69, 9.17) is 0 Å².